The lowest BCUT2D eigenvalue weighted by Crippen LogP contribution is -2.27. The molecule has 0 radical (unpaired) electrons. The predicted octanol–water partition coefficient (Wildman–Crippen LogP) is 1.95. The van der Waals surface area contributed by atoms with Crippen LogP contribution in [0.25, 0.3) is 17.1 Å². The van der Waals surface area contributed by atoms with Crippen LogP contribution >= 0.6 is 0 Å². The van der Waals surface area contributed by atoms with Crippen molar-refractivity contribution in [1.82, 2.24) is 24.5 Å². The van der Waals surface area contributed by atoms with Gasteiger partial charge in [-0.1, -0.05) is 12.1 Å². The largest absolute Gasteiger partial charge is 0.494 e. The zero-order chi connectivity index (χ0) is 18.7. The number of hydrogen-bond donors (Lipinski definition) is 1. The second-order valence-electron chi connectivity index (χ2n) is 5.72. The van der Waals surface area contributed by atoms with Crippen molar-refractivity contribution in [2.24, 2.45) is 0 Å². The first kappa shape index (κ1) is 18.0. The number of sulfonamides is 1. The number of rotatable bonds is 6. The summed E-state index contributed by atoms with van der Waals surface area (Å²) < 4.78 is 32.9. The van der Waals surface area contributed by atoms with Crippen molar-refractivity contribution >= 4 is 10.0 Å². The van der Waals surface area contributed by atoms with Gasteiger partial charge in [0.1, 0.15) is 11.4 Å². The smallest absolute Gasteiger partial charge is 0.209 e. The van der Waals surface area contributed by atoms with E-state index in [2.05, 4.69) is 19.8 Å². The molecule has 1 N–H and O–H groups in total. The van der Waals surface area contributed by atoms with Crippen molar-refractivity contribution < 1.29 is 13.2 Å². The fraction of sp³-hybridized carbons (Fsp3) is 0.235. The van der Waals surface area contributed by atoms with Gasteiger partial charge in [-0.15, -0.1) is 5.10 Å². The number of ether oxygens (including phenoxy) is 1. The maximum absolute atomic E-state index is 11.7. The molecule has 0 aliphatic rings. The second-order valence-corrected chi connectivity index (χ2v) is 7.50. The van der Waals surface area contributed by atoms with Gasteiger partial charge >= 0.3 is 0 Å². The molecule has 136 valence electrons. The lowest BCUT2D eigenvalue weighted by atomic mass is 10.2. The fourth-order valence-electron chi connectivity index (χ4n) is 2.58. The van der Waals surface area contributed by atoms with E-state index in [-0.39, 0.29) is 0 Å². The topological polar surface area (TPSA) is 99.0 Å². The van der Waals surface area contributed by atoms with Gasteiger partial charge in [0.05, 0.1) is 19.4 Å². The van der Waals surface area contributed by atoms with E-state index in [1.165, 1.54) is 0 Å². The van der Waals surface area contributed by atoms with E-state index in [9.17, 15) is 8.42 Å². The molecule has 26 heavy (non-hydrogen) atoms. The predicted molar refractivity (Wildman–Crippen MR) is 97.5 cm³/mol. The molecular weight excluding hydrogens is 354 g/mol. The van der Waals surface area contributed by atoms with Crippen LogP contribution in [0.3, 0.4) is 0 Å². The molecule has 8 nitrogen and oxygen atoms in total. The Kier molecular flexibility index (Phi) is 5.01. The van der Waals surface area contributed by atoms with E-state index >= 15 is 0 Å². The van der Waals surface area contributed by atoms with Crippen LogP contribution in [-0.4, -0.2) is 41.5 Å². The van der Waals surface area contributed by atoms with E-state index in [0.717, 1.165) is 11.8 Å². The molecule has 0 aliphatic carbocycles. The Labute approximate surface area is 151 Å². The third-order valence-electron chi connectivity index (χ3n) is 3.66. The molecule has 0 saturated heterocycles. The van der Waals surface area contributed by atoms with Gasteiger partial charge in [-0.25, -0.2) is 22.8 Å². The Bertz CT molecular complexity index is 1000. The Morgan fingerprint density at radius 1 is 1.15 bits per heavy atom. The normalized spacial score (nSPS) is 12.7. The highest BCUT2D eigenvalue weighted by molar-refractivity contribution is 7.88. The molecule has 0 bridgehead atoms. The van der Waals surface area contributed by atoms with Gasteiger partial charge in [-0.05, 0) is 31.2 Å². The summed E-state index contributed by atoms with van der Waals surface area (Å²) in [5.74, 6) is 1.52. The Hall–Kier alpha value is -2.78. The van der Waals surface area contributed by atoms with Crippen molar-refractivity contribution in [2.45, 2.75) is 13.0 Å². The molecular formula is C17H19N5O3S. The minimum Gasteiger partial charge on any atom is -0.494 e. The van der Waals surface area contributed by atoms with Gasteiger partial charge in [0.2, 0.25) is 10.0 Å². The molecule has 1 atom stereocenters. The SMILES string of the molecule is COc1ccccc1-n1nc(-c2ccncc2)nc1C(C)NS(C)(=O)=O. The van der Waals surface area contributed by atoms with E-state index < -0.39 is 16.1 Å². The Balaban J connectivity index is 2.16. The summed E-state index contributed by atoms with van der Waals surface area (Å²) in [6.07, 6.45) is 4.41. The maximum Gasteiger partial charge on any atom is 0.209 e. The maximum atomic E-state index is 11.7. The van der Waals surface area contributed by atoms with Gasteiger partial charge in [0.15, 0.2) is 11.6 Å². The van der Waals surface area contributed by atoms with E-state index in [0.29, 0.717) is 23.1 Å². The third kappa shape index (κ3) is 3.89. The van der Waals surface area contributed by atoms with Crippen molar-refractivity contribution in [1.29, 1.82) is 0 Å². The molecule has 3 aromatic rings. The molecule has 2 heterocycles. The number of nitrogens with one attached hydrogen (secondary N) is 1. The number of nitrogens with zero attached hydrogens (tertiary/aromatic N) is 4. The zero-order valence-corrected chi connectivity index (χ0v) is 15.4. The number of aromatic nitrogens is 4. The number of benzene rings is 1. The van der Waals surface area contributed by atoms with E-state index in [4.69, 9.17) is 4.74 Å². The van der Waals surface area contributed by atoms with Gasteiger partial charge in [0, 0.05) is 18.0 Å². The van der Waals surface area contributed by atoms with Crippen LogP contribution in [0.4, 0.5) is 0 Å². The van der Waals surface area contributed by atoms with E-state index in [1.54, 1.807) is 43.2 Å². The summed E-state index contributed by atoms with van der Waals surface area (Å²) >= 11 is 0. The molecule has 1 unspecified atom stereocenters. The van der Waals surface area contributed by atoms with Gasteiger partial charge in [-0.3, -0.25) is 4.98 Å². The molecule has 2 aromatic heterocycles. The number of methoxy groups -OCH3 is 1. The van der Waals surface area contributed by atoms with Crippen LogP contribution in [-0.2, 0) is 10.0 Å². The first-order chi connectivity index (χ1) is 12.4. The van der Waals surface area contributed by atoms with Gasteiger partial charge in [0.25, 0.3) is 0 Å². The standard InChI is InChI=1S/C17H19N5O3S/c1-12(21-26(3,23)24)17-19-16(13-8-10-18-11-9-13)20-22(17)14-6-4-5-7-15(14)25-2/h4-12,21H,1-3H3. The number of para-hydroxylation sites is 2. The fourth-order valence-corrected chi connectivity index (χ4v) is 3.33. The summed E-state index contributed by atoms with van der Waals surface area (Å²) in [6.45, 7) is 1.72. The van der Waals surface area contributed by atoms with Gasteiger partial charge in [-0.2, -0.15) is 0 Å². The molecule has 0 aliphatic heterocycles. The van der Waals surface area contributed by atoms with Crippen LogP contribution in [0.15, 0.2) is 48.8 Å². The van der Waals surface area contributed by atoms with Crippen LogP contribution in [0.2, 0.25) is 0 Å². The lowest BCUT2D eigenvalue weighted by molar-refractivity contribution is 0.410. The van der Waals surface area contributed by atoms with Crippen LogP contribution < -0.4 is 9.46 Å². The number of pyridine rings is 1. The summed E-state index contributed by atoms with van der Waals surface area (Å²) in [5.41, 5.74) is 1.45. The van der Waals surface area contributed by atoms with Crippen molar-refractivity contribution in [2.75, 3.05) is 13.4 Å². The molecule has 0 spiro atoms. The zero-order valence-electron chi connectivity index (χ0n) is 14.6. The summed E-state index contributed by atoms with van der Waals surface area (Å²) in [7, 11) is -1.85. The van der Waals surface area contributed by atoms with E-state index in [1.807, 2.05) is 24.3 Å². The third-order valence-corrected chi connectivity index (χ3v) is 4.44. The molecule has 0 amide bonds. The Morgan fingerprint density at radius 3 is 2.50 bits per heavy atom. The summed E-state index contributed by atoms with van der Waals surface area (Å²) in [5, 5.41) is 4.57. The minimum atomic E-state index is -3.41. The molecule has 0 fully saturated rings. The summed E-state index contributed by atoms with van der Waals surface area (Å²) in [4.78, 5) is 8.55. The highest BCUT2D eigenvalue weighted by atomic mass is 32.2. The highest BCUT2D eigenvalue weighted by Gasteiger charge is 2.22. The lowest BCUT2D eigenvalue weighted by Gasteiger charge is -2.14. The van der Waals surface area contributed by atoms with Crippen molar-refractivity contribution in [3.8, 4) is 22.8 Å². The minimum absolute atomic E-state index is 0.451. The monoisotopic (exact) mass is 373 g/mol. The first-order valence-electron chi connectivity index (χ1n) is 7.87. The Morgan fingerprint density at radius 2 is 1.85 bits per heavy atom. The molecule has 1 aromatic carbocycles. The van der Waals surface area contributed by atoms with Gasteiger partial charge < -0.3 is 4.74 Å². The van der Waals surface area contributed by atoms with Crippen LogP contribution in [0.5, 0.6) is 5.75 Å². The molecule has 9 heteroatoms. The summed E-state index contributed by atoms with van der Waals surface area (Å²) in [6, 6.07) is 10.3. The molecule has 0 saturated carbocycles. The average Bonchev–Trinajstić information content (AvgIpc) is 3.06. The van der Waals surface area contributed by atoms with Crippen LogP contribution in [0, 0.1) is 0 Å². The van der Waals surface area contributed by atoms with Crippen LogP contribution in [0.1, 0.15) is 18.8 Å². The first-order valence-corrected chi connectivity index (χ1v) is 9.76. The highest BCUT2D eigenvalue weighted by Crippen LogP contribution is 2.27. The van der Waals surface area contributed by atoms with Crippen molar-refractivity contribution in [3.63, 3.8) is 0 Å². The average molecular weight is 373 g/mol. The van der Waals surface area contributed by atoms with Crippen molar-refractivity contribution in [3.05, 3.63) is 54.6 Å². The quantitative estimate of drug-likeness (QED) is 0.709. The number of hydrogen-bond acceptors (Lipinski definition) is 6. The molecule has 3 rings (SSSR count). The second kappa shape index (κ2) is 7.22.